The second-order valence-electron chi connectivity index (χ2n) is 4.83. The third kappa shape index (κ3) is 4.84. The lowest BCUT2D eigenvalue weighted by Gasteiger charge is -2.22. The highest BCUT2D eigenvalue weighted by molar-refractivity contribution is 5.94. The van der Waals surface area contributed by atoms with Gasteiger partial charge < -0.3 is 20.1 Å². The highest BCUT2D eigenvalue weighted by Crippen LogP contribution is 2.12. The number of nitrogens with one attached hydrogen (secondary N) is 2. The molecule has 1 atom stereocenters. The number of amides is 1. The van der Waals surface area contributed by atoms with E-state index in [0.29, 0.717) is 26.0 Å². The monoisotopic (exact) mass is 292 g/mol. The Kier molecular flexibility index (Phi) is 5.71. The summed E-state index contributed by atoms with van der Waals surface area (Å²) in [6.45, 7) is 1.85. The minimum absolute atomic E-state index is 0.149. The van der Waals surface area contributed by atoms with Crippen molar-refractivity contribution >= 4 is 17.6 Å². The average molecular weight is 292 g/mol. The van der Waals surface area contributed by atoms with Crippen molar-refractivity contribution in [3.8, 4) is 0 Å². The van der Waals surface area contributed by atoms with Crippen molar-refractivity contribution in [2.75, 3.05) is 32.1 Å². The Morgan fingerprint density at radius 3 is 2.76 bits per heavy atom. The van der Waals surface area contributed by atoms with E-state index in [4.69, 9.17) is 4.74 Å². The summed E-state index contributed by atoms with van der Waals surface area (Å²) in [6.07, 6.45) is 0.526. The molecular weight excluding hydrogens is 272 g/mol. The summed E-state index contributed by atoms with van der Waals surface area (Å²) in [4.78, 5) is 23.0. The first-order valence-corrected chi connectivity index (χ1v) is 6.98. The molecule has 6 nitrogen and oxygen atoms in total. The van der Waals surface area contributed by atoms with Crippen LogP contribution in [-0.2, 0) is 25.5 Å². The van der Waals surface area contributed by atoms with Crippen LogP contribution in [0.3, 0.4) is 0 Å². The van der Waals surface area contributed by atoms with Crippen molar-refractivity contribution < 1.29 is 19.1 Å². The van der Waals surface area contributed by atoms with Gasteiger partial charge in [0.1, 0.15) is 6.10 Å². The lowest BCUT2D eigenvalue weighted by molar-refractivity contribution is -0.140. The Bertz CT molecular complexity index is 481. The minimum Gasteiger partial charge on any atom is -0.469 e. The number of methoxy groups -OCH3 is 1. The second-order valence-corrected chi connectivity index (χ2v) is 4.83. The molecule has 1 amide bonds. The molecule has 1 heterocycles. The molecule has 0 bridgehead atoms. The number of rotatable bonds is 5. The maximum atomic E-state index is 12.0. The van der Waals surface area contributed by atoms with E-state index in [2.05, 4.69) is 15.4 Å². The summed E-state index contributed by atoms with van der Waals surface area (Å²) < 4.78 is 9.99. The van der Waals surface area contributed by atoms with Crippen LogP contribution in [0.4, 0.5) is 5.69 Å². The van der Waals surface area contributed by atoms with Gasteiger partial charge in [-0.1, -0.05) is 12.1 Å². The van der Waals surface area contributed by atoms with E-state index >= 15 is 0 Å². The Morgan fingerprint density at radius 2 is 2.14 bits per heavy atom. The summed E-state index contributed by atoms with van der Waals surface area (Å²) >= 11 is 0. The van der Waals surface area contributed by atoms with Gasteiger partial charge in [-0.05, 0) is 24.1 Å². The molecule has 21 heavy (non-hydrogen) atoms. The number of aryl methyl sites for hydroxylation is 1. The number of hydrogen-bond donors (Lipinski definition) is 2. The molecule has 1 aromatic rings. The molecule has 0 aromatic heterocycles. The predicted octanol–water partition coefficient (Wildman–Crippen LogP) is 0.719. The van der Waals surface area contributed by atoms with Gasteiger partial charge in [-0.2, -0.15) is 0 Å². The zero-order valence-electron chi connectivity index (χ0n) is 12.1. The van der Waals surface area contributed by atoms with Crippen LogP contribution in [-0.4, -0.2) is 44.8 Å². The molecule has 114 valence electrons. The first-order chi connectivity index (χ1) is 10.2. The van der Waals surface area contributed by atoms with Crippen LogP contribution < -0.4 is 10.6 Å². The highest BCUT2D eigenvalue weighted by Gasteiger charge is 2.21. The molecular formula is C15H20N2O4. The maximum absolute atomic E-state index is 12.0. The fraction of sp³-hybridized carbons (Fsp3) is 0.467. The fourth-order valence-corrected chi connectivity index (χ4v) is 2.06. The maximum Gasteiger partial charge on any atom is 0.305 e. The first kappa shape index (κ1) is 15.5. The van der Waals surface area contributed by atoms with Crippen molar-refractivity contribution in [2.24, 2.45) is 0 Å². The highest BCUT2D eigenvalue weighted by atomic mass is 16.5. The Morgan fingerprint density at radius 1 is 1.38 bits per heavy atom. The van der Waals surface area contributed by atoms with E-state index in [1.165, 1.54) is 7.11 Å². The van der Waals surface area contributed by atoms with Crippen molar-refractivity contribution in [3.05, 3.63) is 29.8 Å². The number of ether oxygens (including phenoxy) is 2. The van der Waals surface area contributed by atoms with Gasteiger partial charge in [-0.3, -0.25) is 9.59 Å². The molecule has 0 aliphatic carbocycles. The van der Waals surface area contributed by atoms with Crippen LogP contribution in [0.2, 0.25) is 0 Å². The van der Waals surface area contributed by atoms with Gasteiger partial charge >= 0.3 is 5.97 Å². The quantitative estimate of drug-likeness (QED) is 0.782. The van der Waals surface area contributed by atoms with Gasteiger partial charge in [0.05, 0.1) is 13.7 Å². The minimum atomic E-state index is -0.447. The van der Waals surface area contributed by atoms with E-state index in [9.17, 15) is 9.59 Å². The summed E-state index contributed by atoms with van der Waals surface area (Å²) in [6, 6.07) is 7.42. The van der Waals surface area contributed by atoms with Crippen LogP contribution in [0.1, 0.15) is 12.0 Å². The smallest absolute Gasteiger partial charge is 0.305 e. The fourth-order valence-electron chi connectivity index (χ4n) is 2.06. The molecule has 0 spiro atoms. The Labute approximate surface area is 123 Å². The number of anilines is 1. The van der Waals surface area contributed by atoms with E-state index in [-0.39, 0.29) is 11.9 Å². The van der Waals surface area contributed by atoms with E-state index in [0.717, 1.165) is 17.8 Å². The second kappa shape index (κ2) is 7.75. The number of carbonyl (C=O) groups excluding carboxylic acids is 2. The standard InChI is InChI=1S/C15H20N2O4/c1-20-14(18)7-4-11-2-5-12(6-3-11)17-15(19)13-10-16-8-9-21-13/h2-3,5-6,13,16H,4,7-10H2,1H3,(H,17,19). The van der Waals surface area contributed by atoms with Crippen LogP contribution in [0.25, 0.3) is 0 Å². The van der Waals surface area contributed by atoms with Crippen LogP contribution >= 0.6 is 0 Å². The largest absolute Gasteiger partial charge is 0.469 e. The third-order valence-electron chi connectivity index (χ3n) is 3.29. The third-order valence-corrected chi connectivity index (χ3v) is 3.29. The molecule has 2 N–H and O–H groups in total. The molecule has 1 aliphatic heterocycles. The number of benzene rings is 1. The molecule has 1 aromatic carbocycles. The molecule has 1 fully saturated rings. The normalized spacial score (nSPS) is 18.0. The lowest BCUT2D eigenvalue weighted by atomic mass is 10.1. The van der Waals surface area contributed by atoms with Crippen molar-refractivity contribution in [1.82, 2.24) is 5.32 Å². The number of hydrogen-bond acceptors (Lipinski definition) is 5. The van der Waals surface area contributed by atoms with Gasteiger partial charge in [0.15, 0.2) is 0 Å². The zero-order valence-corrected chi connectivity index (χ0v) is 12.1. The molecule has 0 radical (unpaired) electrons. The van der Waals surface area contributed by atoms with Crippen LogP contribution in [0.5, 0.6) is 0 Å². The molecule has 1 unspecified atom stereocenters. The summed E-state index contributed by atoms with van der Waals surface area (Å²) in [7, 11) is 1.38. The summed E-state index contributed by atoms with van der Waals surface area (Å²) in [5.74, 6) is -0.376. The Balaban J connectivity index is 1.84. The number of carbonyl (C=O) groups is 2. The number of morpholine rings is 1. The van der Waals surface area contributed by atoms with Gasteiger partial charge in [-0.25, -0.2) is 0 Å². The summed E-state index contributed by atoms with van der Waals surface area (Å²) in [5, 5.41) is 5.93. The van der Waals surface area contributed by atoms with E-state index in [1.54, 1.807) is 0 Å². The van der Waals surface area contributed by atoms with E-state index < -0.39 is 6.10 Å². The van der Waals surface area contributed by atoms with Crippen LogP contribution in [0, 0.1) is 0 Å². The average Bonchev–Trinajstić information content (AvgIpc) is 2.54. The van der Waals surface area contributed by atoms with Gasteiger partial charge in [-0.15, -0.1) is 0 Å². The predicted molar refractivity (Wildman–Crippen MR) is 78.0 cm³/mol. The zero-order chi connectivity index (χ0) is 15.1. The first-order valence-electron chi connectivity index (χ1n) is 6.98. The van der Waals surface area contributed by atoms with Gasteiger partial charge in [0.25, 0.3) is 5.91 Å². The van der Waals surface area contributed by atoms with Gasteiger partial charge in [0, 0.05) is 25.2 Å². The van der Waals surface area contributed by atoms with Crippen LogP contribution in [0.15, 0.2) is 24.3 Å². The SMILES string of the molecule is COC(=O)CCc1ccc(NC(=O)C2CNCCO2)cc1. The summed E-state index contributed by atoms with van der Waals surface area (Å²) in [5.41, 5.74) is 1.74. The van der Waals surface area contributed by atoms with Gasteiger partial charge in [0.2, 0.25) is 0 Å². The van der Waals surface area contributed by atoms with Crippen molar-refractivity contribution in [2.45, 2.75) is 18.9 Å². The number of esters is 1. The topological polar surface area (TPSA) is 76.7 Å². The molecule has 1 saturated heterocycles. The molecule has 1 aliphatic rings. The lowest BCUT2D eigenvalue weighted by Crippen LogP contribution is -2.45. The molecule has 0 saturated carbocycles. The van der Waals surface area contributed by atoms with Crippen molar-refractivity contribution in [1.29, 1.82) is 0 Å². The molecule has 6 heteroatoms. The molecule has 2 rings (SSSR count). The van der Waals surface area contributed by atoms with E-state index in [1.807, 2.05) is 24.3 Å². The van der Waals surface area contributed by atoms with Crippen molar-refractivity contribution in [3.63, 3.8) is 0 Å². The Hall–Kier alpha value is -1.92.